The van der Waals surface area contributed by atoms with Crippen molar-refractivity contribution in [1.29, 1.82) is 0 Å². The molecule has 5 unspecified atom stereocenters. The van der Waals surface area contributed by atoms with Crippen molar-refractivity contribution < 1.29 is 14.7 Å². The fourth-order valence-corrected chi connectivity index (χ4v) is 8.79. The van der Waals surface area contributed by atoms with E-state index >= 15 is 0 Å². The maximum absolute atomic E-state index is 13.8. The number of aliphatic carboxylic acids is 1. The van der Waals surface area contributed by atoms with Gasteiger partial charge in [0.1, 0.15) is 0 Å². The minimum Gasteiger partial charge on any atom is -0.481 e. The van der Waals surface area contributed by atoms with Gasteiger partial charge >= 0.3 is 5.97 Å². The maximum atomic E-state index is 13.8. The van der Waals surface area contributed by atoms with Crippen molar-refractivity contribution in [2.45, 2.75) is 91.9 Å². The molecule has 0 heterocycles. The normalized spacial score (nSPS) is 46.7. The molecule has 0 saturated heterocycles. The lowest BCUT2D eigenvalue weighted by atomic mass is 9.43. The van der Waals surface area contributed by atoms with Crippen LogP contribution in [0.2, 0.25) is 0 Å². The second-order valence-corrected chi connectivity index (χ2v) is 11.3. The summed E-state index contributed by atoms with van der Waals surface area (Å²) >= 11 is 0. The molecule has 0 aromatic carbocycles. The summed E-state index contributed by atoms with van der Waals surface area (Å²) in [4.78, 5) is 24.9. The van der Waals surface area contributed by atoms with Gasteiger partial charge in [-0.25, -0.2) is 0 Å². The molecule has 0 aliphatic heterocycles. The quantitative estimate of drug-likeness (QED) is 0.566. The molecule has 0 bridgehead atoms. The van der Waals surface area contributed by atoms with Crippen LogP contribution in [0, 0.1) is 46.3 Å². The standard InChI is InChI=1S/C26H40O3/c1-5-17-19-8-6-7-14-25(19,3)21-13-15-26(4)18(16(2)9-12-22(27)28)10-11-20(26)23(21)24(17)29/h5,16,18-21,23H,6-15H2,1-4H3,(H,27,28)/b17-5+/t16?,18?,19-,20?,21?,23?,25-,26+/m0/s1. The minimum absolute atomic E-state index is 0.200. The fraction of sp³-hybridized carbons (Fsp3) is 0.846. The zero-order valence-corrected chi connectivity index (χ0v) is 18.9. The molecule has 3 heteroatoms. The summed E-state index contributed by atoms with van der Waals surface area (Å²) in [5.74, 6) is 2.51. The monoisotopic (exact) mass is 400 g/mol. The Morgan fingerprint density at radius 3 is 2.52 bits per heavy atom. The Morgan fingerprint density at radius 1 is 1.10 bits per heavy atom. The molecular formula is C26H40O3. The van der Waals surface area contributed by atoms with Crippen LogP contribution in [-0.2, 0) is 9.59 Å². The van der Waals surface area contributed by atoms with E-state index in [9.17, 15) is 9.59 Å². The second kappa shape index (κ2) is 7.54. The summed E-state index contributed by atoms with van der Waals surface area (Å²) in [5.41, 5.74) is 1.65. The SMILES string of the molecule is C/C=C1/C(=O)C2C3CCC(C(C)CCC(=O)O)[C@@]3(C)CCC2[C@@]2(C)CCCC[C@@H]12. The van der Waals surface area contributed by atoms with Gasteiger partial charge in [-0.3, -0.25) is 9.59 Å². The number of rotatable bonds is 4. The van der Waals surface area contributed by atoms with Gasteiger partial charge in [-0.1, -0.05) is 39.7 Å². The van der Waals surface area contributed by atoms with Crippen LogP contribution in [0.4, 0.5) is 0 Å². The Balaban J connectivity index is 1.64. The molecule has 4 aliphatic rings. The van der Waals surface area contributed by atoms with Crippen molar-refractivity contribution in [3.05, 3.63) is 11.6 Å². The van der Waals surface area contributed by atoms with Gasteiger partial charge in [0.2, 0.25) is 0 Å². The van der Waals surface area contributed by atoms with E-state index in [0.717, 1.165) is 18.4 Å². The van der Waals surface area contributed by atoms with E-state index in [4.69, 9.17) is 5.11 Å². The molecule has 0 aromatic rings. The summed E-state index contributed by atoms with van der Waals surface area (Å²) in [6.07, 6.45) is 13.0. The molecule has 0 radical (unpaired) electrons. The van der Waals surface area contributed by atoms with E-state index < -0.39 is 5.97 Å². The van der Waals surface area contributed by atoms with Crippen LogP contribution in [0.3, 0.4) is 0 Å². The third kappa shape index (κ3) is 3.13. The number of fused-ring (bicyclic) bond motifs is 5. The van der Waals surface area contributed by atoms with Crippen molar-refractivity contribution in [3.8, 4) is 0 Å². The van der Waals surface area contributed by atoms with Crippen LogP contribution in [0.5, 0.6) is 0 Å². The number of carbonyl (C=O) groups is 2. The van der Waals surface area contributed by atoms with Crippen LogP contribution >= 0.6 is 0 Å². The zero-order valence-electron chi connectivity index (χ0n) is 18.9. The largest absolute Gasteiger partial charge is 0.481 e. The van der Waals surface area contributed by atoms with Crippen molar-refractivity contribution in [2.24, 2.45) is 46.3 Å². The van der Waals surface area contributed by atoms with Gasteiger partial charge in [0, 0.05) is 12.3 Å². The lowest BCUT2D eigenvalue weighted by molar-refractivity contribution is -0.146. The fourth-order valence-electron chi connectivity index (χ4n) is 8.79. The summed E-state index contributed by atoms with van der Waals surface area (Å²) in [5, 5.41) is 9.13. The van der Waals surface area contributed by atoms with E-state index in [1.807, 2.05) is 0 Å². The molecule has 4 rings (SSSR count). The molecule has 0 aromatic heterocycles. The predicted octanol–water partition coefficient (Wildman–Crippen LogP) is 6.27. The molecule has 4 aliphatic carbocycles. The molecular weight excluding hydrogens is 360 g/mol. The lowest BCUT2D eigenvalue weighted by Gasteiger charge is -2.60. The highest BCUT2D eigenvalue weighted by atomic mass is 16.4. The Hall–Kier alpha value is -1.12. The molecule has 3 nitrogen and oxygen atoms in total. The number of allylic oxidation sites excluding steroid dienone is 2. The molecule has 4 fully saturated rings. The summed E-state index contributed by atoms with van der Waals surface area (Å²) in [6, 6.07) is 0. The molecule has 4 saturated carbocycles. The van der Waals surface area contributed by atoms with Crippen molar-refractivity contribution in [3.63, 3.8) is 0 Å². The molecule has 0 amide bonds. The van der Waals surface area contributed by atoms with Crippen LogP contribution in [0.25, 0.3) is 0 Å². The van der Waals surface area contributed by atoms with Crippen LogP contribution in [0.1, 0.15) is 91.9 Å². The Kier molecular flexibility index (Phi) is 5.49. The molecule has 1 N–H and O–H groups in total. The number of carbonyl (C=O) groups excluding carboxylic acids is 1. The van der Waals surface area contributed by atoms with E-state index in [-0.39, 0.29) is 17.8 Å². The van der Waals surface area contributed by atoms with E-state index in [2.05, 4.69) is 33.8 Å². The number of carboxylic acids is 1. The summed E-state index contributed by atoms with van der Waals surface area (Å²) in [7, 11) is 0. The zero-order chi connectivity index (χ0) is 21.0. The number of hydrogen-bond acceptors (Lipinski definition) is 2. The number of hydrogen-bond donors (Lipinski definition) is 1. The van der Waals surface area contributed by atoms with Gasteiger partial charge in [0.05, 0.1) is 0 Å². The second-order valence-electron chi connectivity index (χ2n) is 11.3. The Labute approximate surface area is 176 Å². The maximum Gasteiger partial charge on any atom is 0.303 e. The van der Waals surface area contributed by atoms with Gasteiger partial charge in [0.15, 0.2) is 5.78 Å². The van der Waals surface area contributed by atoms with Gasteiger partial charge in [0.25, 0.3) is 0 Å². The average molecular weight is 401 g/mol. The van der Waals surface area contributed by atoms with Crippen LogP contribution in [0.15, 0.2) is 11.6 Å². The summed E-state index contributed by atoms with van der Waals surface area (Å²) < 4.78 is 0. The first-order valence-electron chi connectivity index (χ1n) is 12.2. The topological polar surface area (TPSA) is 54.4 Å². The highest BCUT2D eigenvalue weighted by Crippen LogP contribution is 2.68. The van der Waals surface area contributed by atoms with Gasteiger partial charge < -0.3 is 5.11 Å². The lowest BCUT2D eigenvalue weighted by Crippen LogP contribution is -2.57. The van der Waals surface area contributed by atoms with E-state index in [0.29, 0.717) is 40.8 Å². The minimum atomic E-state index is -0.684. The van der Waals surface area contributed by atoms with E-state index in [1.54, 1.807) is 0 Å². The third-order valence-corrected chi connectivity index (χ3v) is 10.2. The molecule has 0 spiro atoms. The first kappa shape index (κ1) is 21.1. The first-order valence-corrected chi connectivity index (χ1v) is 12.2. The number of Topliss-reactive ketones (excluding diaryl/α,β-unsaturated/α-hetero) is 1. The Morgan fingerprint density at radius 2 is 1.83 bits per heavy atom. The van der Waals surface area contributed by atoms with E-state index in [1.165, 1.54) is 44.9 Å². The third-order valence-electron chi connectivity index (χ3n) is 10.2. The van der Waals surface area contributed by atoms with Crippen molar-refractivity contribution in [1.82, 2.24) is 0 Å². The van der Waals surface area contributed by atoms with Crippen LogP contribution in [-0.4, -0.2) is 16.9 Å². The molecule has 29 heavy (non-hydrogen) atoms. The first-order chi connectivity index (χ1) is 13.7. The average Bonchev–Trinajstić information content (AvgIpc) is 3.04. The van der Waals surface area contributed by atoms with Gasteiger partial charge in [-0.15, -0.1) is 0 Å². The number of ketones is 1. The van der Waals surface area contributed by atoms with Crippen molar-refractivity contribution in [2.75, 3.05) is 0 Å². The van der Waals surface area contributed by atoms with Gasteiger partial charge in [-0.05, 0) is 97.9 Å². The smallest absolute Gasteiger partial charge is 0.303 e. The molecule has 162 valence electrons. The Bertz CT molecular complexity index is 709. The molecule has 8 atom stereocenters. The highest BCUT2D eigenvalue weighted by Gasteiger charge is 2.63. The van der Waals surface area contributed by atoms with Gasteiger partial charge in [-0.2, -0.15) is 0 Å². The number of carboxylic acid groups (broad SMARTS) is 1. The summed E-state index contributed by atoms with van der Waals surface area (Å²) in [6.45, 7) is 9.29. The van der Waals surface area contributed by atoms with Crippen LogP contribution < -0.4 is 0 Å². The predicted molar refractivity (Wildman–Crippen MR) is 115 cm³/mol. The van der Waals surface area contributed by atoms with Crippen molar-refractivity contribution >= 4 is 11.8 Å². The highest BCUT2D eigenvalue weighted by molar-refractivity contribution is 5.99.